The summed E-state index contributed by atoms with van der Waals surface area (Å²) in [5, 5.41) is 18.1. The van der Waals surface area contributed by atoms with Crippen molar-refractivity contribution in [2.75, 3.05) is 5.75 Å². The zero-order chi connectivity index (χ0) is 9.68. The van der Waals surface area contributed by atoms with Crippen LogP contribution in [0.1, 0.15) is 32.1 Å². The van der Waals surface area contributed by atoms with E-state index in [1.165, 1.54) is 32.1 Å². The molecule has 13 heavy (non-hydrogen) atoms. The van der Waals surface area contributed by atoms with Crippen molar-refractivity contribution in [3.8, 4) is 0 Å². The van der Waals surface area contributed by atoms with Crippen LogP contribution in [0.25, 0.3) is 0 Å². The maximum atomic E-state index is 10.3. The second-order valence-corrected chi connectivity index (χ2v) is 4.78. The molecule has 1 saturated carbocycles. The summed E-state index contributed by atoms with van der Waals surface area (Å²) < 4.78 is 0. The number of hydrogen-bond donors (Lipinski definition) is 2. The van der Waals surface area contributed by atoms with E-state index < -0.39 is 12.1 Å². The summed E-state index contributed by atoms with van der Waals surface area (Å²) in [5.41, 5.74) is 0. The predicted octanol–water partition coefficient (Wildman–Crippen LogP) is 1.50. The van der Waals surface area contributed by atoms with Crippen molar-refractivity contribution >= 4 is 17.7 Å². The maximum Gasteiger partial charge on any atom is 0.333 e. The van der Waals surface area contributed by atoms with E-state index in [2.05, 4.69) is 0 Å². The quantitative estimate of drug-likeness (QED) is 0.728. The van der Waals surface area contributed by atoms with Gasteiger partial charge >= 0.3 is 5.97 Å². The highest BCUT2D eigenvalue weighted by Crippen LogP contribution is 2.28. The van der Waals surface area contributed by atoms with Gasteiger partial charge in [0.1, 0.15) is 0 Å². The van der Waals surface area contributed by atoms with Crippen molar-refractivity contribution in [3.05, 3.63) is 0 Å². The van der Waals surface area contributed by atoms with Crippen LogP contribution in [0, 0.1) is 0 Å². The van der Waals surface area contributed by atoms with Crippen LogP contribution in [0.2, 0.25) is 0 Å². The largest absolute Gasteiger partial charge is 0.479 e. The normalized spacial score (nSPS) is 21.3. The highest BCUT2D eigenvalue weighted by Gasteiger charge is 2.18. The average molecular weight is 204 g/mol. The molecule has 76 valence electrons. The fraction of sp³-hybridized carbons (Fsp3) is 0.889. The van der Waals surface area contributed by atoms with E-state index in [1.54, 1.807) is 11.8 Å². The third-order valence-corrected chi connectivity index (χ3v) is 3.78. The summed E-state index contributed by atoms with van der Waals surface area (Å²) in [7, 11) is 0. The predicted molar refractivity (Wildman–Crippen MR) is 53.0 cm³/mol. The lowest BCUT2D eigenvalue weighted by molar-refractivity contribution is -0.145. The summed E-state index contributed by atoms with van der Waals surface area (Å²) in [4.78, 5) is 10.3. The first-order valence-corrected chi connectivity index (χ1v) is 5.77. The molecule has 0 saturated heterocycles. The second-order valence-electron chi connectivity index (χ2n) is 3.45. The monoisotopic (exact) mass is 204 g/mol. The molecular formula is C9H16O3S. The number of aliphatic carboxylic acids is 1. The summed E-state index contributed by atoms with van der Waals surface area (Å²) in [5.74, 6) is -0.775. The number of thioether (sulfide) groups is 1. The molecule has 0 radical (unpaired) electrons. The summed E-state index contributed by atoms with van der Waals surface area (Å²) in [6.45, 7) is 0. The molecule has 0 aromatic carbocycles. The van der Waals surface area contributed by atoms with Crippen LogP contribution >= 0.6 is 11.8 Å². The summed E-state index contributed by atoms with van der Waals surface area (Å²) >= 11 is 1.60. The van der Waals surface area contributed by atoms with E-state index in [0.717, 1.165) is 0 Å². The number of aliphatic hydroxyl groups excluding tert-OH is 1. The molecule has 0 spiro atoms. The van der Waals surface area contributed by atoms with E-state index in [-0.39, 0.29) is 0 Å². The Hall–Kier alpha value is -0.220. The van der Waals surface area contributed by atoms with Crippen molar-refractivity contribution in [2.45, 2.75) is 43.5 Å². The van der Waals surface area contributed by atoms with Gasteiger partial charge in [-0.25, -0.2) is 4.79 Å². The van der Waals surface area contributed by atoms with E-state index in [1.807, 2.05) is 0 Å². The molecule has 2 N–H and O–H groups in total. The molecule has 1 aliphatic carbocycles. The molecule has 3 nitrogen and oxygen atoms in total. The van der Waals surface area contributed by atoms with Gasteiger partial charge in [0.15, 0.2) is 6.10 Å². The Morgan fingerprint density at radius 2 is 2.00 bits per heavy atom. The van der Waals surface area contributed by atoms with E-state index in [0.29, 0.717) is 11.0 Å². The van der Waals surface area contributed by atoms with E-state index in [4.69, 9.17) is 10.2 Å². The van der Waals surface area contributed by atoms with Gasteiger partial charge in [-0.1, -0.05) is 19.3 Å². The number of hydrogen-bond acceptors (Lipinski definition) is 3. The molecule has 0 aromatic heterocycles. The summed E-state index contributed by atoms with van der Waals surface area (Å²) in [6, 6.07) is 0. The molecule has 1 rings (SSSR count). The highest BCUT2D eigenvalue weighted by atomic mass is 32.2. The second kappa shape index (κ2) is 5.50. The molecule has 0 bridgehead atoms. The smallest absolute Gasteiger partial charge is 0.333 e. The lowest BCUT2D eigenvalue weighted by Crippen LogP contribution is -2.23. The fourth-order valence-corrected chi connectivity index (χ4v) is 2.79. The SMILES string of the molecule is O=C(O)[C@H](O)CSC1CCCCC1. The summed E-state index contributed by atoms with van der Waals surface area (Å²) in [6.07, 6.45) is 4.97. The van der Waals surface area contributed by atoms with Crippen LogP contribution in [0.15, 0.2) is 0 Å². The van der Waals surface area contributed by atoms with Crippen LogP contribution < -0.4 is 0 Å². The third-order valence-electron chi connectivity index (χ3n) is 2.33. The Kier molecular flexibility index (Phi) is 4.59. The van der Waals surface area contributed by atoms with Gasteiger partial charge < -0.3 is 10.2 Å². The lowest BCUT2D eigenvalue weighted by Gasteiger charge is -2.21. The topological polar surface area (TPSA) is 57.5 Å². The van der Waals surface area contributed by atoms with Gasteiger partial charge in [-0.05, 0) is 12.8 Å². The van der Waals surface area contributed by atoms with Gasteiger partial charge in [0.05, 0.1) is 0 Å². The molecule has 1 fully saturated rings. The third kappa shape index (κ3) is 4.00. The zero-order valence-electron chi connectivity index (χ0n) is 7.61. The number of carboxylic acid groups (broad SMARTS) is 1. The van der Waals surface area contributed by atoms with Crippen molar-refractivity contribution in [1.82, 2.24) is 0 Å². The van der Waals surface area contributed by atoms with Crippen molar-refractivity contribution < 1.29 is 15.0 Å². The Morgan fingerprint density at radius 3 is 2.54 bits per heavy atom. The highest BCUT2D eigenvalue weighted by molar-refractivity contribution is 7.99. The Morgan fingerprint density at radius 1 is 1.38 bits per heavy atom. The Bertz CT molecular complexity index is 166. The molecule has 1 atom stereocenters. The van der Waals surface area contributed by atoms with Crippen molar-refractivity contribution in [2.24, 2.45) is 0 Å². The van der Waals surface area contributed by atoms with E-state index in [9.17, 15) is 4.79 Å². The Labute approximate surface area is 82.5 Å². The molecule has 0 aliphatic heterocycles. The molecule has 1 aliphatic rings. The minimum atomic E-state index is -1.19. The first-order valence-electron chi connectivity index (χ1n) is 4.72. The van der Waals surface area contributed by atoms with Crippen LogP contribution in [-0.4, -0.2) is 33.3 Å². The number of carboxylic acids is 1. The van der Waals surface area contributed by atoms with Crippen molar-refractivity contribution in [3.63, 3.8) is 0 Å². The first-order chi connectivity index (χ1) is 6.20. The zero-order valence-corrected chi connectivity index (χ0v) is 8.42. The molecule has 0 aromatic rings. The van der Waals surface area contributed by atoms with Gasteiger partial charge in [-0.15, -0.1) is 0 Å². The van der Waals surface area contributed by atoms with Gasteiger partial charge in [-0.3, -0.25) is 0 Å². The number of carbonyl (C=O) groups is 1. The molecule has 4 heteroatoms. The first kappa shape index (κ1) is 10.9. The standard InChI is InChI=1S/C9H16O3S/c10-8(9(11)12)6-13-7-4-2-1-3-5-7/h7-8,10H,1-6H2,(H,11,12)/t8-/m1/s1. The van der Waals surface area contributed by atoms with Gasteiger partial charge in [0.2, 0.25) is 0 Å². The van der Waals surface area contributed by atoms with E-state index >= 15 is 0 Å². The van der Waals surface area contributed by atoms with Crippen LogP contribution in [-0.2, 0) is 4.79 Å². The van der Waals surface area contributed by atoms with Crippen molar-refractivity contribution in [1.29, 1.82) is 0 Å². The van der Waals surface area contributed by atoms with Gasteiger partial charge in [0, 0.05) is 11.0 Å². The minimum absolute atomic E-state index is 0.333. The van der Waals surface area contributed by atoms with Crippen LogP contribution in [0.5, 0.6) is 0 Å². The molecular weight excluding hydrogens is 188 g/mol. The van der Waals surface area contributed by atoms with Gasteiger partial charge in [0.25, 0.3) is 0 Å². The van der Waals surface area contributed by atoms with Gasteiger partial charge in [-0.2, -0.15) is 11.8 Å². The van der Waals surface area contributed by atoms with Crippen LogP contribution in [0.4, 0.5) is 0 Å². The lowest BCUT2D eigenvalue weighted by atomic mass is 10.0. The fourth-order valence-electron chi connectivity index (χ4n) is 1.53. The average Bonchev–Trinajstić information content (AvgIpc) is 2.15. The minimum Gasteiger partial charge on any atom is -0.479 e. The Balaban J connectivity index is 2.13. The maximum absolute atomic E-state index is 10.3. The molecule has 0 heterocycles. The van der Waals surface area contributed by atoms with Crippen LogP contribution in [0.3, 0.4) is 0 Å². The molecule has 0 unspecified atom stereocenters. The number of aliphatic hydroxyl groups is 1. The molecule has 0 amide bonds. The number of rotatable bonds is 4.